The van der Waals surface area contributed by atoms with Crippen LogP contribution in [0.3, 0.4) is 0 Å². The molecule has 0 fully saturated rings. The topological polar surface area (TPSA) is 59.1 Å². The van der Waals surface area contributed by atoms with Gasteiger partial charge in [0.15, 0.2) is 10.9 Å². The standard InChI is InChI=1S/C19H22N2O2S/c1-12(13-7-5-4-6-8-13)9-16(23)21-18-20-14-10-19(2,3)11-15(22)17(14)24-18/h4-8,12H,9-11H2,1-3H3,(H,20,21,23)/t12-/m0/s1. The minimum atomic E-state index is -0.0656. The van der Waals surface area contributed by atoms with Crippen molar-refractivity contribution >= 4 is 28.2 Å². The normalized spacial score (nSPS) is 17.2. The summed E-state index contributed by atoms with van der Waals surface area (Å²) < 4.78 is 0. The van der Waals surface area contributed by atoms with Crippen LogP contribution in [-0.2, 0) is 11.2 Å². The van der Waals surface area contributed by atoms with Crippen molar-refractivity contribution in [3.8, 4) is 0 Å². The van der Waals surface area contributed by atoms with Crippen LogP contribution in [0.1, 0.15) is 60.5 Å². The molecule has 0 radical (unpaired) electrons. The van der Waals surface area contributed by atoms with E-state index in [0.29, 0.717) is 22.9 Å². The zero-order chi connectivity index (χ0) is 17.3. The molecule has 0 unspecified atom stereocenters. The van der Waals surface area contributed by atoms with Gasteiger partial charge in [0.25, 0.3) is 0 Å². The van der Waals surface area contributed by atoms with Gasteiger partial charge in [0.2, 0.25) is 5.91 Å². The molecule has 1 aromatic heterocycles. The van der Waals surface area contributed by atoms with Crippen molar-refractivity contribution in [1.29, 1.82) is 0 Å². The Labute approximate surface area is 146 Å². The minimum absolute atomic E-state index is 0.0543. The number of ketones is 1. The number of amides is 1. The maximum atomic E-state index is 12.3. The monoisotopic (exact) mass is 342 g/mol. The second-order valence-corrected chi connectivity index (χ2v) is 8.30. The van der Waals surface area contributed by atoms with Gasteiger partial charge in [-0.3, -0.25) is 9.59 Å². The molecule has 1 N–H and O–H groups in total. The lowest BCUT2D eigenvalue weighted by molar-refractivity contribution is -0.116. The largest absolute Gasteiger partial charge is 0.302 e. The number of carbonyl (C=O) groups is 2. The number of benzene rings is 1. The van der Waals surface area contributed by atoms with Gasteiger partial charge in [0.1, 0.15) is 0 Å². The van der Waals surface area contributed by atoms with Crippen molar-refractivity contribution in [3.63, 3.8) is 0 Å². The average molecular weight is 342 g/mol. The molecule has 5 heteroatoms. The number of nitrogens with one attached hydrogen (secondary N) is 1. The van der Waals surface area contributed by atoms with E-state index in [1.807, 2.05) is 37.3 Å². The molecule has 0 saturated heterocycles. The van der Waals surface area contributed by atoms with Crippen LogP contribution in [0.2, 0.25) is 0 Å². The summed E-state index contributed by atoms with van der Waals surface area (Å²) >= 11 is 1.30. The van der Waals surface area contributed by atoms with Crippen LogP contribution in [0, 0.1) is 5.41 Å². The van der Waals surface area contributed by atoms with Crippen LogP contribution in [0.5, 0.6) is 0 Å². The summed E-state index contributed by atoms with van der Waals surface area (Å²) in [5, 5.41) is 3.40. The van der Waals surface area contributed by atoms with E-state index in [0.717, 1.165) is 17.7 Å². The van der Waals surface area contributed by atoms with E-state index in [4.69, 9.17) is 0 Å². The third-order valence-electron chi connectivity index (χ3n) is 4.34. The van der Waals surface area contributed by atoms with E-state index >= 15 is 0 Å². The van der Waals surface area contributed by atoms with Gasteiger partial charge in [-0.1, -0.05) is 62.4 Å². The molecule has 0 spiro atoms. The van der Waals surface area contributed by atoms with Crippen LogP contribution in [0.25, 0.3) is 0 Å². The summed E-state index contributed by atoms with van der Waals surface area (Å²) in [6.45, 7) is 6.19. The number of nitrogens with zero attached hydrogens (tertiary/aromatic N) is 1. The molecule has 1 heterocycles. The average Bonchev–Trinajstić information content (AvgIpc) is 2.89. The first-order chi connectivity index (χ1) is 11.3. The molecular formula is C19H22N2O2S. The zero-order valence-corrected chi connectivity index (χ0v) is 15.1. The molecule has 1 aliphatic carbocycles. The highest BCUT2D eigenvalue weighted by molar-refractivity contribution is 7.17. The third kappa shape index (κ3) is 3.73. The van der Waals surface area contributed by atoms with Crippen molar-refractivity contribution < 1.29 is 9.59 Å². The first kappa shape index (κ1) is 16.8. The number of anilines is 1. The highest BCUT2D eigenvalue weighted by atomic mass is 32.1. The Kier molecular flexibility index (Phi) is 4.54. The third-order valence-corrected chi connectivity index (χ3v) is 5.40. The van der Waals surface area contributed by atoms with Gasteiger partial charge in [0, 0.05) is 12.8 Å². The molecular weight excluding hydrogens is 320 g/mol. The lowest BCUT2D eigenvalue weighted by Crippen LogP contribution is -2.26. The minimum Gasteiger partial charge on any atom is -0.302 e. The molecule has 0 aliphatic heterocycles. The molecule has 3 rings (SSSR count). The Bertz CT molecular complexity index is 765. The van der Waals surface area contributed by atoms with E-state index < -0.39 is 0 Å². The zero-order valence-electron chi connectivity index (χ0n) is 14.3. The van der Waals surface area contributed by atoms with Crippen LogP contribution in [0.4, 0.5) is 5.13 Å². The Morgan fingerprint density at radius 3 is 2.71 bits per heavy atom. The molecule has 1 amide bonds. The maximum Gasteiger partial charge on any atom is 0.226 e. The summed E-state index contributed by atoms with van der Waals surface area (Å²) in [4.78, 5) is 29.7. The Morgan fingerprint density at radius 2 is 2.00 bits per heavy atom. The first-order valence-electron chi connectivity index (χ1n) is 8.22. The van der Waals surface area contributed by atoms with Gasteiger partial charge in [0.05, 0.1) is 10.6 Å². The first-order valence-corrected chi connectivity index (χ1v) is 9.03. The molecule has 1 atom stereocenters. The van der Waals surface area contributed by atoms with Crippen LogP contribution in [0.15, 0.2) is 30.3 Å². The van der Waals surface area contributed by atoms with E-state index in [1.165, 1.54) is 11.3 Å². The summed E-state index contributed by atoms with van der Waals surface area (Å²) in [5.74, 6) is 0.211. The molecule has 24 heavy (non-hydrogen) atoms. The second-order valence-electron chi connectivity index (χ2n) is 7.30. The van der Waals surface area contributed by atoms with E-state index in [-0.39, 0.29) is 23.0 Å². The fraction of sp³-hybridized carbons (Fsp3) is 0.421. The van der Waals surface area contributed by atoms with E-state index in [9.17, 15) is 9.59 Å². The van der Waals surface area contributed by atoms with Crippen molar-refractivity contribution in [2.45, 2.75) is 46.0 Å². The van der Waals surface area contributed by atoms with Crippen LogP contribution < -0.4 is 5.32 Å². The predicted molar refractivity (Wildman–Crippen MR) is 96.7 cm³/mol. The lowest BCUT2D eigenvalue weighted by Gasteiger charge is -2.26. The molecule has 0 saturated carbocycles. The Morgan fingerprint density at radius 1 is 1.29 bits per heavy atom. The number of rotatable bonds is 4. The van der Waals surface area contributed by atoms with Crippen molar-refractivity contribution in [3.05, 3.63) is 46.5 Å². The van der Waals surface area contributed by atoms with Crippen molar-refractivity contribution in [2.24, 2.45) is 5.41 Å². The number of thiazole rings is 1. The van der Waals surface area contributed by atoms with Gasteiger partial charge >= 0.3 is 0 Å². The lowest BCUT2D eigenvalue weighted by atomic mass is 9.78. The molecule has 126 valence electrons. The number of hydrogen-bond acceptors (Lipinski definition) is 4. The van der Waals surface area contributed by atoms with E-state index in [1.54, 1.807) is 0 Å². The fourth-order valence-electron chi connectivity index (χ4n) is 3.12. The summed E-state index contributed by atoms with van der Waals surface area (Å²) in [5.41, 5.74) is 1.91. The highest BCUT2D eigenvalue weighted by Crippen LogP contribution is 2.38. The van der Waals surface area contributed by atoms with Gasteiger partial charge in [-0.15, -0.1) is 0 Å². The number of carbonyl (C=O) groups excluding carboxylic acids is 2. The van der Waals surface area contributed by atoms with E-state index in [2.05, 4.69) is 24.1 Å². The van der Waals surface area contributed by atoms with Crippen LogP contribution >= 0.6 is 11.3 Å². The molecule has 1 aliphatic rings. The number of fused-ring (bicyclic) bond motifs is 1. The van der Waals surface area contributed by atoms with Crippen molar-refractivity contribution in [2.75, 3.05) is 5.32 Å². The molecule has 4 nitrogen and oxygen atoms in total. The van der Waals surface area contributed by atoms with Crippen molar-refractivity contribution in [1.82, 2.24) is 4.98 Å². The molecule has 2 aromatic rings. The summed E-state index contributed by atoms with van der Waals surface area (Å²) in [6.07, 6.45) is 1.72. The Balaban J connectivity index is 1.67. The van der Waals surface area contributed by atoms with Crippen LogP contribution in [-0.4, -0.2) is 16.7 Å². The number of aromatic nitrogens is 1. The quantitative estimate of drug-likeness (QED) is 0.894. The summed E-state index contributed by atoms with van der Waals surface area (Å²) in [7, 11) is 0. The molecule has 0 bridgehead atoms. The fourth-order valence-corrected chi connectivity index (χ4v) is 4.06. The van der Waals surface area contributed by atoms with Gasteiger partial charge in [-0.2, -0.15) is 0 Å². The predicted octanol–water partition coefficient (Wildman–Crippen LogP) is 4.43. The maximum absolute atomic E-state index is 12.3. The number of Topliss-reactive ketones (excluding diaryl/α,β-unsaturated/α-hetero) is 1. The van der Waals surface area contributed by atoms with Gasteiger partial charge in [-0.25, -0.2) is 4.98 Å². The number of hydrogen-bond donors (Lipinski definition) is 1. The summed E-state index contributed by atoms with van der Waals surface area (Å²) in [6, 6.07) is 9.98. The second kappa shape index (κ2) is 6.48. The molecule has 1 aromatic carbocycles. The van der Waals surface area contributed by atoms with Gasteiger partial charge < -0.3 is 5.32 Å². The highest BCUT2D eigenvalue weighted by Gasteiger charge is 2.34. The SMILES string of the molecule is C[C@@H](CC(=O)Nc1nc2c(s1)C(=O)CC(C)(C)C2)c1ccccc1. The van der Waals surface area contributed by atoms with Gasteiger partial charge in [-0.05, 0) is 23.3 Å². The Hall–Kier alpha value is -2.01. The smallest absolute Gasteiger partial charge is 0.226 e.